The van der Waals surface area contributed by atoms with E-state index in [-0.39, 0.29) is 24.4 Å². The van der Waals surface area contributed by atoms with Gasteiger partial charge in [0, 0.05) is 164 Å². The lowest BCUT2D eigenvalue weighted by atomic mass is 9.96. The van der Waals surface area contributed by atoms with E-state index in [0.717, 1.165) is 184 Å². The van der Waals surface area contributed by atoms with Crippen LogP contribution in [0.4, 0.5) is 23.3 Å². The number of hydrogen-bond acceptors (Lipinski definition) is 24. The van der Waals surface area contributed by atoms with E-state index < -0.39 is 10.8 Å². The summed E-state index contributed by atoms with van der Waals surface area (Å²) in [5.74, 6) is 11.2. The molecule has 0 N–H and O–H groups in total. The minimum atomic E-state index is -0.687. The molecule has 0 aliphatic carbocycles. The summed E-state index contributed by atoms with van der Waals surface area (Å²) in [5.41, 5.74) is 17.8. The van der Waals surface area contributed by atoms with E-state index >= 15 is 0 Å². The monoisotopic (exact) mass is 1560 g/mol. The molecular weight excluding hydrogens is 1470 g/mol. The summed E-state index contributed by atoms with van der Waals surface area (Å²) in [5, 5.41) is 24.2. The second-order valence-electron chi connectivity index (χ2n) is 30.8. The number of rotatable bonds is 20. The molecule has 18 rings (SSSR count). The fourth-order valence-corrected chi connectivity index (χ4v) is 16.5. The fraction of sp³-hybridized carbons (Fsp3) is 0.386. The third-order valence-electron chi connectivity index (χ3n) is 20.9. The third kappa shape index (κ3) is 19.0. The molecule has 7 aliphatic heterocycles. The Morgan fingerprint density at radius 3 is 1.30 bits per heavy atom. The summed E-state index contributed by atoms with van der Waals surface area (Å²) in [6.07, 6.45) is 17.8. The predicted octanol–water partition coefficient (Wildman–Crippen LogP) is 13.7. The molecule has 3 saturated heterocycles. The van der Waals surface area contributed by atoms with Crippen molar-refractivity contribution in [1.82, 2.24) is 59.7 Å². The molecule has 7 aliphatic rings. The van der Waals surface area contributed by atoms with Gasteiger partial charge in [-0.15, -0.1) is 30.6 Å². The van der Waals surface area contributed by atoms with Gasteiger partial charge in [-0.3, -0.25) is 24.2 Å². The average molecular weight is 1570 g/mol. The highest BCUT2D eigenvalue weighted by molar-refractivity contribution is 7.85. The Balaban J connectivity index is 0.000000121. The van der Waals surface area contributed by atoms with Crippen molar-refractivity contribution in [1.29, 1.82) is 0 Å². The Morgan fingerprint density at radius 1 is 0.470 bits per heavy atom. The number of ether oxygens (including phenoxy) is 4. The van der Waals surface area contributed by atoms with Crippen LogP contribution in [0.3, 0.4) is 0 Å². The van der Waals surface area contributed by atoms with Crippen molar-refractivity contribution in [2.45, 2.75) is 157 Å². The van der Waals surface area contributed by atoms with E-state index in [1.54, 1.807) is 19.4 Å². The summed E-state index contributed by atoms with van der Waals surface area (Å²) in [6, 6.07) is 42.0. The number of aliphatic imine (C=N–C) groups is 4. The smallest absolute Gasteiger partial charge is 0.235 e. The van der Waals surface area contributed by atoms with Gasteiger partial charge < -0.3 is 52.1 Å². The van der Waals surface area contributed by atoms with Gasteiger partial charge in [0.2, 0.25) is 11.8 Å². The molecule has 0 radical (unpaired) electrons. The first kappa shape index (κ1) is 78.4. The third-order valence-corrected chi connectivity index (χ3v) is 22.2. The van der Waals surface area contributed by atoms with E-state index in [1.165, 1.54) is 22.3 Å². The standard InChI is InChI=1S/C24H28N6O.C23H26N6O.C21H23N5O2.C20H23N3O2S/c1-16(2)31-20-7-6-18-13-26-23(21(18)12-20)17-8-9-25-22(11-17)30-10-4-5-19(14-30)24-28-27-15-29(24)3;1-16(2)30-20-4-3-18-13-25-23(21(18)12-20)17-5-8-24-22(11-17)28-9-6-19(7-10-28)29-14-26-27-15-29;1-13(2)27-17-6-5-16-11-23-21(18(16)10-17)15-7-8-22-19(9-15)26(4)12-20-25-24-14(3)28-20;1-14(2)25-17-4-3-16-13-22-20(18(16)12-17)15-5-6-21-19(11-15)23-7-9-26(24)10-8-23/h6-9,11-12,15-16,19H,4-5,10,13-14H2,1-3H3;3-5,8,11-12,14-16,19H,6-7,9-10,13H2,1-2H3;5-10,13H,11-12H2,1-4H3;3-6,11-12,14H,7-10,13H2,1-2H3. The molecular formula is C88H100N20O6S. The fourth-order valence-electron chi connectivity index (χ4n) is 15.4. The van der Waals surface area contributed by atoms with E-state index in [9.17, 15) is 4.21 Å². The van der Waals surface area contributed by atoms with Crippen LogP contribution in [0, 0.1) is 6.92 Å². The van der Waals surface area contributed by atoms with Crippen molar-refractivity contribution in [2.75, 3.05) is 77.4 Å². The van der Waals surface area contributed by atoms with Crippen LogP contribution < -0.4 is 38.5 Å². The van der Waals surface area contributed by atoms with E-state index in [2.05, 4.69) is 149 Å². The second kappa shape index (κ2) is 35.7. The highest BCUT2D eigenvalue weighted by Gasteiger charge is 2.30. The number of piperidine rings is 2. The molecule has 27 heteroatoms. The summed E-state index contributed by atoms with van der Waals surface area (Å²) in [4.78, 5) is 46.4. The van der Waals surface area contributed by atoms with Gasteiger partial charge in [0.1, 0.15) is 71.1 Å². The van der Waals surface area contributed by atoms with Gasteiger partial charge in [-0.2, -0.15) is 0 Å². The summed E-state index contributed by atoms with van der Waals surface area (Å²) in [7, 11) is 3.28. The van der Waals surface area contributed by atoms with Gasteiger partial charge in [0.25, 0.3) is 0 Å². The Labute approximate surface area is 674 Å². The van der Waals surface area contributed by atoms with Crippen LogP contribution in [0.15, 0.2) is 189 Å². The van der Waals surface area contributed by atoms with Crippen LogP contribution in [0.5, 0.6) is 23.0 Å². The molecule has 7 aromatic heterocycles. The van der Waals surface area contributed by atoms with Crippen molar-refractivity contribution in [3.8, 4) is 23.0 Å². The molecule has 11 aromatic rings. The van der Waals surface area contributed by atoms with Gasteiger partial charge >= 0.3 is 0 Å². The minimum absolute atomic E-state index is 0.134. The molecule has 4 aromatic carbocycles. The van der Waals surface area contributed by atoms with Crippen LogP contribution >= 0.6 is 0 Å². The van der Waals surface area contributed by atoms with E-state index in [0.29, 0.717) is 68.0 Å². The Morgan fingerprint density at radius 2 is 0.887 bits per heavy atom. The normalized spacial score (nSPS) is 16.3. The molecule has 1 unspecified atom stereocenters. The first-order valence-electron chi connectivity index (χ1n) is 39.9. The zero-order valence-corrected chi connectivity index (χ0v) is 68.2. The molecule has 1 atom stereocenters. The average Bonchev–Trinajstić information content (AvgIpc) is 1.69. The van der Waals surface area contributed by atoms with Crippen LogP contribution in [-0.2, 0) is 50.6 Å². The molecule has 0 saturated carbocycles. The number of aromatic nitrogens is 12. The number of anilines is 4. The molecule has 115 heavy (non-hydrogen) atoms. The second-order valence-corrected chi connectivity index (χ2v) is 32.5. The highest BCUT2D eigenvalue weighted by atomic mass is 32.2. The first-order valence-corrected chi connectivity index (χ1v) is 41.3. The van der Waals surface area contributed by atoms with Crippen molar-refractivity contribution in [3.05, 3.63) is 249 Å². The first-order chi connectivity index (χ1) is 55.8. The maximum atomic E-state index is 11.6. The molecule has 14 heterocycles. The molecule has 26 nitrogen and oxygen atoms in total. The Hall–Kier alpha value is -11.9. The quantitative estimate of drug-likeness (QED) is 0.0686. The number of pyridine rings is 4. The zero-order chi connectivity index (χ0) is 79.6. The molecule has 0 bridgehead atoms. The molecule has 594 valence electrons. The van der Waals surface area contributed by atoms with Crippen LogP contribution in [0.2, 0.25) is 0 Å². The number of benzene rings is 4. The summed E-state index contributed by atoms with van der Waals surface area (Å²) in [6.45, 7) is 26.8. The van der Waals surface area contributed by atoms with Crippen molar-refractivity contribution >= 4 is 56.9 Å². The van der Waals surface area contributed by atoms with E-state index in [1.807, 2.05) is 153 Å². The Kier molecular flexibility index (Phi) is 24.3. The van der Waals surface area contributed by atoms with Gasteiger partial charge in [0.15, 0.2) is 0 Å². The molecule has 3 fully saturated rings. The van der Waals surface area contributed by atoms with Crippen molar-refractivity contribution in [2.24, 2.45) is 27.0 Å². The van der Waals surface area contributed by atoms with Gasteiger partial charge in [-0.1, -0.05) is 24.3 Å². The SMILES string of the molecule is CC(C)Oc1ccc2c(c1)C(c1ccnc(N3CCC(n4cnnc4)CC3)c1)=NC2.CC(C)Oc1ccc2c(c1)C(c1ccnc(N3CCCC(c4nncn4C)C3)c1)=NC2.CC(C)Oc1ccc2c(c1)C(c1ccnc(N3CCS(=O)CC3)c1)=NC2.Cc1nnc(CN(C)c2cc(C3=NCc4ccc(OC(C)C)cc43)ccn2)o1. The topological polar surface area (TPSA) is 268 Å². The number of aryl methyl sites for hydroxylation is 2. The number of hydrogen-bond donors (Lipinski definition) is 0. The van der Waals surface area contributed by atoms with E-state index in [4.69, 9.17) is 43.3 Å². The number of nitrogens with zero attached hydrogens (tertiary/aromatic N) is 20. The molecule has 0 amide bonds. The van der Waals surface area contributed by atoms with Crippen LogP contribution in [0.1, 0.15) is 177 Å². The molecule has 0 spiro atoms. The van der Waals surface area contributed by atoms with Crippen molar-refractivity contribution < 1.29 is 27.6 Å². The van der Waals surface area contributed by atoms with Gasteiger partial charge in [-0.25, -0.2) is 19.9 Å². The number of fused-ring (bicyclic) bond motifs is 4. The zero-order valence-electron chi connectivity index (χ0n) is 67.4. The van der Waals surface area contributed by atoms with Crippen molar-refractivity contribution in [3.63, 3.8) is 0 Å². The Bertz CT molecular complexity index is 5380. The van der Waals surface area contributed by atoms with Gasteiger partial charge in [0.05, 0.1) is 80.0 Å². The minimum Gasteiger partial charge on any atom is -0.491 e. The maximum Gasteiger partial charge on any atom is 0.235 e. The van der Waals surface area contributed by atoms with Crippen LogP contribution in [0.25, 0.3) is 0 Å². The lowest BCUT2D eigenvalue weighted by Gasteiger charge is -2.33. The van der Waals surface area contributed by atoms with Gasteiger partial charge in [-0.05, 0) is 200 Å². The largest absolute Gasteiger partial charge is 0.491 e. The lowest BCUT2D eigenvalue weighted by molar-refractivity contribution is 0.242. The lowest BCUT2D eigenvalue weighted by Crippen LogP contribution is -2.38. The highest BCUT2D eigenvalue weighted by Crippen LogP contribution is 2.36. The van der Waals surface area contributed by atoms with Crippen LogP contribution in [-0.4, -0.2) is 169 Å². The predicted molar refractivity (Wildman–Crippen MR) is 450 cm³/mol. The maximum absolute atomic E-state index is 11.6. The summed E-state index contributed by atoms with van der Waals surface area (Å²) < 4.78 is 44.7. The summed E-state index contributed by atoms with van der Waals surface area (Å²) >= 11 is 0.